The summed E-state index contributed by atoms with van der Waals surface area (Å²) in [7, 11) is 1.41. The number of carboxylic acid groups (broad SMARTS) is 1. The van der Waals surface area contributed by atoms with Gasteiger partial charge in [-0.3, -0.25) is 14.9 Å². The average molecular weight is 282 g/mol. The molecule has 0 saturated heterocycles. The minimum absolute atomic E-state index is 0.109. The quantitative estimate of drug-likeness (QED) is 0.552. The van der Waals surface area contributed by atoms with E-state index in [2.05, 4.69) is 0 Å². The van der Waals surface area contributed by atoms with Crippen LogP contribution < -0.4 is 10.5 Å². The molecule has 0 aliphatic rings. The Labute approximate surface area is 116 Å². The molecular formula is C13H18N2O5. The highest BCUT2D eigenvalue weighted by molar-refractivity contribution is 5.70. The van der Waals surface area contributed by atoms with Crippen LogP contribution in [0.25, 0.3) is 0 Å². The van der Waals surface area contributed by atoms with Crippen LogP contribution in [-0.2, 0) is 11.2 Å². The summed E-state index contributed by atoms with van der Waals surface area (Å²) in [5, 5.41) is 20.0. The summed E-state index contributed by atoms with van der Waals surface area (Å²) in [4.78, 5) is 21.5. The number of nitrogens with zero attached hydrogens (tertiary/aromatic N) is 1. The predicted octanol–water partition coefficient (Wildman–Crippen LogP) is 1.59. The Kier molecular flexibility index (Phi) is 5.92. The van der Waals surface area contributed by atoms with E-state index in [1.54, 1.807) is 6.07 Å². The molecule has 0 bridgehead atoms. The lowest BCUT2D eigenvalue weighted by molar-refractivity contribution is -0.385. The molecule has 0 fully saturated rings. The molecule has 0 radical (unpaired) electrons. The third-order valence-electron chi connectivity index (χ3n) is 2.99. The second kappa shape index (κ2) is 7.44. The molecule has 110 valence electrons. The van der Waals surface area contributed by atoms with Crippen molar-refractivity contribution in [1.82, 2.24) is 0 Å². The van der Waals surface area contributed by atoms with Crippen molar-refractivity contribution in [3.63, 3.8) is 0 Å². The molecule has 7 nitrogen and oxygen atoms in total. The van der Waals surface area contributed by atoms with Gasteiger partial charge in [-0.05, 0) is 37.4 Å². The Hall–Kier alpha value is -2.15. The number of benzene rings is 1. The monoisotopic (exact) mass is 282 g/mol. The smallest absolute Gasteiger partial charge is 0.306 e. The normalized spacial score (nSPS) is 11.9. The molecule has 0 amide bonds. The first-order valence-electron chi connectivity index (χ1n) is 6.23. The topological polar surface area (TPSA) is 116 Å². The van der Waals surface area contributed by atoms with E-state index in [9.17, 15) is 14.9 Å². The maximum Gasteiger partial charge on any atom is 0.306 e. The molecule has 1 rings (SSSR count). The summed E-state index contributed by atoms with van der Waals surface area (Å²) in [5.74, 6) is -1.19. The van der Waals surface area contributed by atoms with E-state index >= 15 is 0 Å². The van der Waals surface area contributed by atoms with E-state index in [4.69, 9.17) is 15.6 Å². The zero-order chi connectivity index (χ0) is 15.1. The third kappa shape index (κ3) is 4.51. The second-order valence-electron chi connectivity index (χ2n) is 4.47. The number of carboxylic acids is 1. The van der Waals surface area contributed by atoms with Crippen LogP contribution in [0.2, 0.25) is 0 Å². The molecule has 0 aliphatic heterocycles. The number of nitro groups is 1. The number of methoxy groups -OCH3 is 1. The van der Waals surface area contributed by atoms with Gasteiger partial charge >= 0.3 is 5.97 Å². The zero-order valence-electron chi connectivity index (χ0n) is 11.2. The molecule has 0 heterocycles. The van der Waals surface area contributed by atoms with Crippen molar-refractivity contribution in [3.8, 4) is 5.75 Å². The Morgan fingerprint density at radius 3 is 2.70 bits per heavy atom. The van der Waals surface area contributed by atoms with Crippen LogP contribution >= 0.6 is 0 Å². The van der Waals surface area contributed by atoms with E-state index in [1.807, 2.05) is 0 Å². The van der Waals surface area contributed by atoms with Crippen LogP contribution in [0.1, 0.15) is 18.4 Å². The number of ether oxygens (including phenoxy) is 1. The molecule has 0 spiro atoms. The van der Waals surface area contributed by atoms with Crippen molar-refractivity contribution in [2.75, 3.05) is 13.7 Å². The fraction of sp³-hybridized carbons (Fsp3) is 0.462. The summed E-state index contributed by atoms with van der Waals surface area (Å²) in [6.45, 7) is 0.419. The van der Waals surface area contributed by atoms with E-state index in [1.165, 1.54) is 19.2 Å². The van der Waals surface area contributed by atoms with E-state index in [0.29, 0.717) is 30.7 Å². The standard InChI is InChI=1S/C13H18N2O5/c1-20-12-7-9(6-11(8-12)15(18)19)5-10(13(16)17)3-2-4-14/h6-8,10H,2-5,14H2,1H3,(H,16,17). The number of hydrogen-bond donors (Lipinski definition) is 2. The molecule has 0 saturated carbocycles. The highest BCUT2D eigenvalue weighted by atomic mass is 16.6. The van der Waals surface area contributed by atoms with Gasteiger partial charge in [0.05, 0.1) is 24.0 Å². The van der Waals surface area contributed by atoms with Crippen LogP contribution in [0.5, 0.6) is 5.75 Å². The number of aliphatic carboxylic acids is 1. The molecule has 0 aliphatic carbocycles. The first-order valence-corrected chi connectivity index (χ1v) is 6.23. The summed E-state index contributed by atoms with van der Waals surface area (Å²) in [6.07, 6.45) is 1.26. The SMILES string of the molecule is COc1cc(CC(CCCN)C(=O)O)cc([N+](=O)[O-])c1. The van der Waals surface area contributed by atoms with Gasteiger partial charge in [0, 0.05) is 6.07 Å². The van der Waals surface area contributed by atoms with Crippen LogP contribution in [0.4, 0.5) is 5.69 Å². The van der Waals surface area contributed by atoms with Gasteiger partial charge < -0.3 is 15.6 Å². The molecule has 20 heavy (non-hydrogen) atoms. The Balaban J connectivity index is 2.96. The first kappa shape index (κ1) is 15.9. The first-order chi connectivity index (χ1) is 9.47. The fourth-order valence-corrected chi connectivity index (χ4v) is 1.95. The molecule has 1 atom stereocenters. The molecule has 3 N–H and O–H groups in total. The Morgan fingerprint density at radius 1 is 1.50 bits per heavy atom. The van der Waals surface area contributed by atoms with Gasteiger partial charge in [0.25, 0.3) is 5.69 Å². The Bertz CT molecular complexity index is 490. The number of nitro benzene ring substituents is 1. The summed E-state index contributed by atoms with van der Waals surface area (Å²) in [6, 6.07) is 4.30. The van der Waals surface area contributed by atoms with Crippen molar-refractivity contribution in [3.05, 3.63) is 33.9 Å². The summed E-state index contributed by atoms with van der Waals surface area (Å²) >= 11 is 0. The highest BCUT2D eigenvalue weighted by Crippen LogP contribution is 2.25. The predicted molar refractivity (Wildman–Crippen MR) is 72.8 cm³/mol. The zero-order valence-corrected chi connectivity index (χ0v) is 11.2. The van der Waals surface area contributed by atoms with Crippen molar-refractivity contribution in [2.45, 2.75) is 19.3 Å². The van der Waals surface area contributed by atoms with Crippen LogP contribution in [0, 0.1) is 16.0 Å². The molecule has 1 aromatic rings. The number of nitrogens with two attached hydrogens (primary N) is 1. The fourth-order valence-electron chi connectivity index (χ4n) is 1.95. The van der Waals surface area contributed by atoms with Crippen molar-refractivity contribution in [2.24, 2.45) is 11.7 Å². The molecular weight excluding hydrogens is 264 g/mol. The van der Waals surface area contributed by atoms with Gasteiger partial charge in [-0.1, -0.05) is 0 Å². The third-order valence-corrected chi connectivity index (χ3v) is 2.99. The minimum Gasteiger partial charge on any atom is -0.496 e. The average Bonchev–Trinajstić information content (AvgIpc) is 2.42. The van der Waals surface area contributed by atoms with Gasteiger partial charge in [0.15, 0.2) is 0 Å². The summed E-state index contributed by atoms with van der Waals surface area (Å²) in [5.41, 5.74) is 5.84. The highest BCUT2D eigenvalue weighted by Gasteiger charge is 2.19. The maximum atomic E-state index is 11.2. The number of hydrogen-bond acceptors (Lipinski definition) is 5. The minimum atomic E-state index is -0.927. The lowest BCUT2D eigenvalue weighted by Crippen LogP contribution is -2.18. The second-order valence-corrected chi connectivity index (χ2v) is 4.47. The van der Waals surface area contributed by atoms with E-state index < -0.39 is 16.8 Å². The van der Waals surface area contributed by atoms with Crippen molar-refractivity contribution < 1.29 is 19.6 Å². The van der Waals surface area contributed by atoms with Gasteiger partial charge in [0.2, 0.25) is 0 Å². The van der Waals surface area contributed by atoms with Crippen LogP contribution in [0.15, 0.2) is 18.2 Å². The lowest BCUT2D eigenvalue weighted by atomic mass is 9.94. The van der Waals surface area contributed by atoms with Gasteiger partial charge in [-0.25, -0.2) is 0 Å². The number of non-ortho nitro benzene ring substituents is 1. The summed E-state index contributed by atoms with van der Waals surface area (Å²) < 4.78 is 5.00. The lowest BCUT2D eigenvalue weighted by Gasteiger charge is -2.12. The van der Waals surface area contributed by atoms with Gasteiger partial charge in [-0.15, -0.1) is 0 Å². The van der Waals surface area contributed by atoms with E-state index in [0.717, 1.165) is 0 Å². The molecule has 0 aromatic heterocycles. The molecule has 7 heteroatoms. The van der Waals surface area contributed by atoms with Gasteiger partial charge in [0.1, 0.15) is 5.75 Å². The van der Waals surface area contributed by atoms with E-state index in [-0.39, 0.29) is 12.1 Å². The maximum absolute atomic E-state index is 11.2. The number of rotatable bonds is 8. The van der Waals surface area contributed by atoms with Crippen LogP contribution in [0.3, 0.4) is 0 Å². The number of carbonyl (C=O) groups is 1. The van der Waals surface area contributed by atoms with Gasteiger partial charge in [-0.2, -0.15) is 0 Å². The van der Waals surface area contributed by atoms with Crippen molar-refractivity contribution in [1.29, 1.82) is 0 Å². The van der Waals surface area contributed by atoms with Crippen molar-refractivity contribution >= 4 is 11.7 Å². The largest absolute Gasteiger partial charge is 0.496 e. The van der Waals surface area contributed by atoms with Crippen LogP contribution in [-0.4, -0.2) is 29.7 Å². The molecule has 1 unspecified atom stereocenters. The molecule has 1 aromatic carbocycles. The Morgan fingerprint density at radius 2 is 2.20 bits per heavy atom.